The van der Waals surface area contributed by atoms with Crippen molar-refractivity contribution in [1.82, 2.24) is 0 Å². The number of rotatable bonds is 3. The van der Waals surface area contributed by atoms with Crippen molar-refractivity contribution in [3.8, 4) is 0 Å². The molecule has 1 fully saturated rings. The second kappa shape index (κ2) is 5.36. The van der Waals surface area contributed by atoms with Crippen molar-refractivity contribution in [1.29, 1.82) is 0 Å². The monoisotopic (exact) mass is 273 g/mol. The van der Waals surface area contributed by atoms with Gasteiger partial charge in [-0.15, -0.1) is 0 Å². The maximum atomic E-state index is 12.0. The fraction of sp³-hybridized carbons (Fsp3) is 0.417. The molecule has 0 bridgehead atoms. The van der Waals surface area contributed by atoms with Gasteiger partial charge in [0.05, 0.1) is 19.1 Å². The van der Waals surface area contributed by atoms with Gasteiger partial charge in [0.15, 0.2) is 0 Å². The lowest BCUT2D eigenvalue weighted by Crippen LogP contribution is -2.34. The zero-order chi connectivity index (χ0) is 12.4. The van der Waals surface area contributed by atoms with Crippen LogP contribution in [-0.4, -0.2) is 25.0 Å². The highest BCUT2D eigenvalue weighted by atomic mass is 35.5. The van der Waals surface area contributed by atoms with Gasteiger partial charge in [0, 0.05) is 22.5 Å². The third-order valence-corrected chi connectivity index (χ3v) is 3.51. The number of hydrogen-bond donors (Lipinski definition) is 1. The van der Waals surface area contributed by atoms with Gasteiger partial charge in [0.1, 0.15) is 5.78 Å². The van der Waals surface area contributed by atoms with Crippen molar-refractivity contribution in [2.45, 2.75) is 12.5 Å². The Hall–Kier alpha value is -0.610. The highest BCUT2D eigenvalue weighted by Gasteiger charge is 2.31. The van der Waals surface area contributed by atoms with E-state index in [4.69, 9.17) is 33.7 Å². The van der Waals surface area contributed by atoms with Gasteiger partial charge in [-0.25, -0.2) is 0 Å². The van der Waals surface area contributed by atoms with Crippen LogP contribution in [0.25, 0.3) is 0 Å². The van der Waals surface area contributed by atoms with Crippen LogP contribution in [-0.2, 0) is 16.0 Å². The lowest BCUT2D eigenvalue weighted by molar-refractivity contribution is -0.122. The van der Waals surface area contributed by atoms with Gasteiger partial charge in [-0.2, -0.15) is 0 Å². The fourth-order valence-corrected chi connectivity index (χ4v) is 2.28. The minimum absolute atomic E-state index is 0.0548. The number of nitrogens with two attached hydrogens (primary N) is 1. The molecule has 2 unspecified atom stereocenters. The molecule has 1 aromatic rings. The van der Waals surface area contributed by atoms with Crippen LogP contribution in [0.2, 0.25) is 10.0 Å². The van der Waals surface area contributed by atoms with Crippen LogP contribution in [0.1, 0.15) is 5.56 Å². The first kappa shape index (κ1) is 12.8. The molecule has 3 nitrogen and oxygen atoms in total. The van der Waals surface area contributed by atoms with E-state index in [-0.39, 0.29) is 24.2 Å². The normalized spacial score (nSPS) is 23.9. The number of halogens is 2. The number of ketones is 1. The SMILES string of the molecule is NC1COCC1C(=O)Cc1cc(Cl)ccc1Cl. The molecule has 1 aliphatic rings. The Morgan fingerprint density at radius 2 is 2.18 bits per heavy atom. The summed E-state index contributed by atoms with van der Waals surface area (Å²) in [6, 6.07) is 4.89. The molecule has 0 aliphatic carbocycles. The molecule has 1 heterocycles. The molecule has 0 amide bonds. The highest BCUT2D eigenvalue weighted by molar-refractivity contribution is 6.33. The van der Waals surface area contributed by atoms with Gasteiger partial charge >= 0.3 is 0 Å². The smallest absolute Gasteiger partial charge is 0.144 e. The Bertz CT molecular complexity index is 437. The summed E-state index contributed by atoms with van der Waals surface area (Å²) >= 11 is 11.9. The molecule has 0 spiro atoms. The van der Waals surface area contributed by atoms with Gasteiger partial charge in [-0.3, -0.25) is 4.79 Å². The third kappa shape index (κ3) is 2.99. The van der Waals surface area contributed by atoms with Gasteiger partial charge < -0.3 is 10.5 Å². The van der Waals surface area contributed by atoms with Gasteiger partial charge in [0.25, 0.3) is 0 Å². The van der Waals surface area contributed by atoms with Crippen LogP contribution >= 0.6 is 23.2 Å². The molecule has 2 rings (SSSR count). The summed E-state index contributed by atoms with van der Waals surface area (Å²) in [5, 5.41) is 1.12. The number of carbonyl (C=O) groups excluding carboxylic acids is 1. The van der Waals surface area contributed by atoms with E-state index in [1.54, 1.807) is 18.2 Å². The molecule has 1 saturated heterocycles. The van der Waals surface area contributed by atoms with Crippen LogP contribution in [0.15, 0.2) is 18.2 Å². The molecule has 0 saturated carbocycles. The average molecular weight is 274 g/mol. The predicted octanol–water partition coefficient (Wildman–Crippen LogP) is 2.08. The van der Waals surface area contributed by atoms with E-state index in [1.165, 1.54) is 0 Å². The number of hydrogen-bond acceptors (Lipinski definition) is 3. The Morgan fingerprint density at radius 1 is 1.41 bits per heavy atom. The Kier molecular flexibility index (Phi) is 4.05. The van der Waals surface area contributed by atoms with Gasteiger partial charge in [-0.1, -0.05) is 23.2 Å². The molecular weight excluding hydrogens is 261 g/mol. The largest absolute Gasteiger partial charge is 0.379 e. The number of ether oxygens (including phenoxy) is 1. The molecule has 17 heavy (non-hydrogen) atoms. The van der Waals surface area contributed by atoms with Crippen molar-refractivity contribution in [3.63, 3.8) is 0 Å². The summed E-state index contributed by atoms with van der Waals surface area (Å²) in [5.74, 6) is -0.177. The summed E-state index contributed by atoms with van der Waals surface area (Å²) in [6.45, 7) is 0.845. The summed E-state index contributed by atoms with van der Waals surface area (Å²) in [4.78, 5) is 12.0. The molecular formula is C12H13Cl2NO2. The van der Waals surface area contributed by atoms with E-state index in [9.17, 15) is 4.79 Å². The van der Waals surface area contributed by atoms with E-state index in [0.717, 1.165) is 5.56 Å². The van der Waals surface area contributed by atoms with E-state index >= 15 is 0 Å². The second-order valence-electron chi connectivity index (χ2n) is 4.19. The van der Waals surface area contributed by atoms with E-state index in [2.05, 4.69) is 0 Å². The van der Waals surface area contributed by atoms with E-state index < -0.39 is 0 Å². The Balaban J connectivity index is 2.10. The molecule has 1 aliphatic heterocycles. The summed E-state index contributed by atoms with van der Waals surface area (Å²) in [7, 11) is 0. The van der Waals surface area contributed by atoms with Crippen LogP contribution in [0.4, 0.5) is 0 Å². The summed E-state index contributed by atoms with van der Waals surface area (Å²) in [6.07, 6.45) is 0.251. The highest BCUT2D eigenvalue weighted by Crippen LogP contribution is 2.23. The Morgan fingerprint density at radius 3 is 2.82 bits per heavy atom. The van der Waals surface area contributed by atoms with Crippen LogP contribution in [0.5, 0.6) is 0 Å². The molecule has 2 atom stereocenters. The maximum Gasteiger partial charge on any atom is 0.144 e. The zero-order valence-corrected chi connectivity index (χ0v) is 10.7. The summed E-state index contributed by atoms with van der Waals surface area (Å²) in [5.41, 5.74) is 6.54. The maximum absolute atomic E-state index is 12.0. The second-order valence-corrected chi connectivity index (χ2v) is 5.03. The van der Waals surface area contributed by atoms with Gasteiger partial charge in [-0.05, 0) is 23.8 Å². The first-order chi connectivity index (χ1) is 8.08. The lowest BCUT2D eigenvalue weighted by atomic mass is 9.94. The Labute approximate surface area is 110 Å². The average Bonchev–Trinajstić information content (AvgIpc) is 2.70. The third-order valence-electron chi connectivity index (χ3n) is 2.91. The van der Waals surface area contributed by atoms with Crippen LogP contribution in [0.3, 0.4) is 0 Å². The fourth-order valence-electron chi connectivity index (χ4n) is 1.90. The standard InChI is InChI=1S/C12H13Cl2NO2/c13-8-1-2-10(14)7(3-8)4-12(16)9-5-17-6-11(9)15/h1-3,9,11H,4-6,15H2. The number of benzene rings is 1. The topological polar surface area (TPSA) is 52.3 Å². The van der Waals surface area contributed by atoms with Crippen molar-refractivity contribution in [2.24, 2.45) is 11.7 Å². The number of carbonyl (C=O) groups is 1. The first-order valence-corrected chi connectivity index (χ1v) is 6.13. The van der Waals surface area contributed by atoms with Crippen molar-refractivity contribution in [3.05, 3.63) is 33.8 Å². The summed E-state index contributed by atoms with van der Waals surface area (Å²) < 4.78 is 5.18. The first-order valence-electron chi connectivity index (χ1n) is 5.38. The van der Waals surface area contributed by atoms with Crippen molar-refractivity contribution >= 4 is 29.0 Å². The molecule has 0 aromatic heterocycles. The van der Waals surface area contributed by atoms with E-state index in [1.807, 2.05) is 0 Å². The number of Topliss-reactive ketones (excluding diaryl/α,β-unsaturated/α-hetero) is 1. The molecule has 5 heteroatoms. The van der Waals surface area contributed by atoms with Crippen molar-refractivity contribution in [2.75, 3.05) is 13.2 Å². The molecule has 1 aromatic carbocycles. The lowest BCUT2D eigenvalue weighted by Gasteiger charge is -2.12. The van der Waals surface area contributed by atoms with Crippen molar-refractivity contribution < 1.29 is 9.53 Å². The molecule has 92 valence electrons. The van der Waals surface area contributed by atoms with Gasteiger partial charge in [0.2, 0.25) is 0 Å². The minimum Gasteiger partial charge on any atom is -0.379 e. The van der Waals surface area contributed by atoms with Crippen LogP contribution < -0.4 is 5.73 Å². The van der Waals surface area contributed by atoms with E-state index in [0.29, 0.717) is 23.3 Å². The predicted molar refractivity (Wildman–Crippen MR) is 67.5 cm³/mol. The zero-order valence-electron chi connectivity index (χ0n) is 9.16. The molecule has 0 radical (unpaired) electrons. The quantitative estimate of drug-likeness (QED) is 0.918. The molecule has 2 N–H and O–H groups in total. The van der Waals surface area contributed by atoms with Crippen LogP contribution in [0, 0.1) is 5.92 Å². The minimum atomic E-state index is -0.231.